The van der Waals surface area contributed by atoms with Crippen molar-refractivity contribution in [2.75, 3.05) is 5.32 Å². The van der Waals surface area contributed by atoms with Crippen LogP contribution in [0.2, 0.25) is 5.02 Å². The number of aromatic nitrogens is 2. The molecular weight excluding hydrogens is 388 g/mol. The molecular formula is C20H14ClF2N3O2. The number of nitrogens with zero attached hydrogens (tertiary/aromatic N) is 2. The number of anilines is 1. The van der Waals surface area contributed by atoms with Crippen molar-refractivity contribution in [3.63, 3.8) is 0 Å². The fourth-order valence-corrected chi connectivity index (χ4v) is 3.54. The zero-order valence-electron chi connectivity index (χ0n) is 14.7. The van der Waals surface area contributed by atoms with Gasteiger partial charge in [-0.1, -0.05) is 11.6 Å². The van der Waals surface area contributed by atoms with Crippen LogP contribution >= 0.6 is 11.6 Å². The van der Waals surface area contributed by atoms with Gasteiger partial charge >= 0.3 is 0 Å². The summed E-state index contributed by atoms with van der Waals surface area (Å²) in [5.41, 5.74) is 1.38. The van der Waals surface area contributed by atoms with Gasteiger partial charge in [-0.2, -0.15) is 5.10 Å². The number of amides is 1. The number of fused-ring (bicyclic) bond motifs is 1. The zero-order valence-corrected chi connectivity index (χ0v) is 15.4. The van der Waals surface area contributed by atoms with Crippen LogP contribution in [0.3, 0.4) is 0 Å². The van der Waals surface area contributed by atoms with Crippen molar-refractivity contribution in [2.24, 2.45) is 0 Å². The van der Waals surface area contributed by atoms with E-state index in [1.165, 1.54) is 10.7 Å². The van der Waals surface area contributed by atoms with E-state index >= 15 is 0 Å². The van der Waals surface area contributed by atoms with E-state index in [0.717, 1.165) is 12.1 Å². The number of aryl methyl sites for hydroxylation is 1. The lowest BCUT2D eigenvalue weighted by molar-refractivity contribution is -0.116. The summed E-state index contributed by atoms with van der Waals surface area (Å²) < 4.78 is 28.7. The highest BCUT2D eigenvalue weighted by atomic mass is 35.5. The van der Waals surface area contributed by atoms with Crippen LogP contribution in [0, 0.1) is 18.6 Å². The highest BCUT2D eigenvalue weighted by Gasteiger charge is 2.36. The second-order valence-corrected chi connectivity index (χ2v) is 6.97. The predicted octanol–water partition coefficient (Wildman–Crippen LogP) is 4.42. The predicted molar refractivity (Wildman–Crippen MR) is 100.0 cm³/mol. The van der Waals surface area contributed by atoms with Crippen molar-refractivity contribution < 1.29 is 18.4 Å². The number of carbonyl (C=O) groups excluding carboxylic acids is 2. The molecule has 2 heterocycles. The average molecular weight is 402 g/mol. The zero-order chi connectivity index (χ0) is 20.0. The number of ketones is 1. The first-order chi connectivity index (χ1) is 13.3. The van der Waals surface area contributed by atoms with Gasteiger partial charge in [-0.15, -0.1) is 0 Å². The Morgan fingerprint density at radius 3 is 2.61 bits per heavy atom. The minimum absolute atomic E-state index is 0.0226. The van der Waals surface area contributed by atoms with Crippen LogP contribution in [-0.4, -0.2) is 21.5 Å². The Balaban J connectivity index is 1.83. The van der Waals surface area contributed by atoms with E-state index in [1.54, 1.807) is 31.2 Å². The summed E-state index contributed by atoms with van der Waals surface area (Å²) in [5.74, 6) is -2.74. The van der Waals surface area contributed by atoms with Crippen molar-refractivity contribution in [3.05, 3.63) is 75.9 Å². The first-order valence-electron chi connectivity index (χ1n) is 8.49. The van der Waals surface area contributed by atoms with Gasteiger partial charge in [0.05, 0.1) is 11.6 Å². The summed E-state index contributed by atoms with van der Waals surface area (Å²) >= 11 is 5.88. The SMILES string of the molecule is Cc1nn(-c2ccc(F)cc2F)c2c1[C@H](C(=O)c1ccc(Cl)cc1)CC(=O)N2. The second kappa shape index (κ2) is 6.83. The largest absolute Gasteiger partial charge is 0.310 e. The summed E-state index contributed by atoms with van der Waals surface area (Å²) in [4.78, 5) is 25.3. The molecule has 1 aliphatic rings. The lowest BCUT2D eigenvalue weighted by Gasteiger charge is -2.23. The molecule has 1 amide bonds. The summed E-state index contributed by atoms with van der Waals surface area (Å²) in [7, 11) is 0. The van der Waals surface area contributed by atoms with Gasteiger partial charge in [0.2, 0.25) is 5.91 Å². The van der Waals surface area contributed by atoms with Gasteiger partial charge in [0.1, 0.15) is 17.3 Å². The van der Waals surface area contributed by atoms with Gasteiger partial charge in [-0.3, -0.25) is 9.59 Å². The minimum atomic E-state index is -0.828. The standard InChI is InChI=1S/C20H14ClF2N3O2/c1-10-18-14(19(28)11-2-4-12(21)5-3-11)9-17(27)24-20(18)26(25-10)16-7-6-13(22)8-15(16)23/h2-8,14H,9H2,1H3,(H,24,27)/t14-/m1/s1. The van der Waals surface area contributed by atoms with Crippen molar-refractivity contribution in [1.82, 2.24) is 9.78 Å². The normalized spacial score (nSPS) is 15.9. The van der Waals surface area contributed by atoms with Crippen LogP contribution in [0.25, 0.3) is 5.69 Å². The molecule has 0 aliphatic carbocycles. The van der Waals surface area contributed by atoms with Gasteiger partial charge in [0.15, 0.2) is 11.6 Å². The van der Waals surface area contributed by atoms with Crippen LogP contribution in [0.4, 0.5) is 14.6 Å². The molecule has 0 spiro atoms. The van der Waals surface area contributed by atoms with E-state index in [0.29, 0.717) is 21.8 Å². The lowest BCUT2D eigenvalue weighted by Crippen LogP contribution is -2.28. The van der Waals surface area contributed by atoms with Gasteiger partial charge in [-0.05, 0) is 43.3 Å². The molecule has 28 heavy (non-hydrogen) atoms. The molecule has 1 atom stereocenters. The maximum absolute atomic E-state index is 14.3. The van der Waals surface area contributed by atoms with Crippen LogP contribution in [0.15, 0.2) is 42.5 Å². The number of hydrogen-bond acceptors (Lipinski definition) is 3. The van der Waals surface area contributed by atoms with Gasteiger partial charge in [0.25, 0.3) is 0 Å². The van der Waals surface area contributed by atoms with E-state index in [4.69, 9.17) is 11.6 Å². The fraction of sp³-hybridized carbons (Fsp3) is 0.150. The molecule has 1 aromatic heterocycles. The van der Waals surface area contributed by atoms with Crippen molar-refractivity contribution in [3.8, 4) is 5.69 Å². The van der Waals surface area contributed by atoms with Gasteiger partial charge in [-0.25, -0.2) is 13.5 Å². The number of nitrogens with one attached hydrogen (secondary N) is 1. The number of Topliss-reactive ketones (excluding diaryl/α,β-unsaturated/α-hetero) is 1. The van der Waals surface area contributed by atoms with Crippen LogP contribution in [-0.2, 0) is 4.79 Å². The van der Waals surface area contributed by atoms with E-state index in [2.05, 4.69) is 10.4 Å². The third kappa shape index (κ3) is 3.07. The van der Waals surface area contributed by atoms with Crippen LogP contribution < -0.4 is 5.32 Å². The third-order valence-corrected chi connectivity index (χ3v) is 4.94. The molecule has 2 aromatic carbocycles. The molecule has 3 aromatic rings. The maximum atomic E-state index is 14.3. The Labute approximate surface area is 163 Å². The topological polar surface area (TPSA) is 64.0 Å². The molecule has 0 saturated heterocycles. The molecule has 4 rings (SSSR count). The molecule has 1 N–H and O–H groups in total. The van der Waals surface area contributed by atoms with Crippen molar-refractivity contribution >= 4 is 29.1 Å². The van der Waals surface area contributed by atoms with Crippen molar-refractivity contribution in [1.29, 1.82) is 0 Å². The molecule has 0 radical (unpaired) electrons. The monoisotopic (exact) mass is 401 g/mol. The van der Waals surface area contributed by atoms with E-state index in [9.17, 15) is 18.4 Å². The fourth-order valence-electron chi connectivity index (χ4n) is 3.41. The second-order valence-electron chi connectivity index (χ2n) is 6.53. The number of halogens is 3. The number of carbonyl (C=O) groups is 2. The first-order valence-corrected chi connectivity index (χ1v) is 8.87. The molecule has 0 saturated carbocycles. The summed E-state index contributed by atoms with van der Waals surface area (Å²) in [6.45, 7) is 1.68. The van der Waals surface area contributed by atoms with Crippen molar-refractivity contribution in [2.45, 2.75) is 19.3 Å². The Morgan fingerprint density at radius 1 is 1.21 bits per heavy atom. The van der Waals surface area contributed by atoms with E-state index in [1.807, 2.05) is 0 Å². The number of benzene rings is 2. The first kappa shape index (κ1) is 18.3. The highest BCUT2D eigenvalue weighted by Crippen LogP contribution is 2.38. The van der Waals surface area contributed by atoms with E-state index < -0.39 is 17.6 Å². The molecule has 0 unspecified atom stereocenters. The summed E-state index contributed by atoms with van der Waals surface area (Å²) in [6.07, 6.45) is -0.0487. The molecule has 1 aliphatic heterocycles. The minimum Gasteiger partial charge on any atom is -0.310 e. The number of hydrogen-bond donors (Lipinski definition) is 1. The molecule has 5 nitrogen and oxygen atoms in total. The Morgan fingerprint density at radius 2 is 1.93 bits per heavy atom. The summed E-state index contributed by atoms with van der Waals surface area (Å²) in [5, 5.41) is 7.45. The number of rotatable bonds is 3. The average Bonchev–Trinajstić information content (AvgIpc) is 2.97. The highest BCUT2D eigenvalue weighted by molar-refractivity contribution is 6.30. The van der Waals surface area contributed by atoms with Crippen LogP contribution in [0.5, 0.6) is 0 Å². The van der Waals surface area contributed by atoms with Gasteiger partial charge < -0.3 is 5.32 Å². The Bertz CT molecular complexity index is 1110. The molecule has 142 valence electrons. The molecule has 0 fully saturated rings. The Kier molecular flexibility index (Phi) is 4.47. The smallest absolute Gasteiger partial charge is 0.226 e. The Hall–Kier alpha value is -3.06. The quantitative estimate of drug-likeness (QED) is 0.661. The molecule has 0 bridgehead atoms. The van der Waals surface area contributed by atoms with Gasteiger partial charge in [0, 0.05) is 28.6 Å². The van der Waals surface area contributed by atoms with Crippen LogP contribution in [0.1, 0.15) is 34.0 Å². The lowest BCUT2D eigenvalue weighted by atomic mass is 9.85. The molecule has 8 heteroatoms. The third-order valence-electron chi connectivity index (χ3n) is 4.69. The maximum Gasteiger partial charge on any atom is 0.226 e. The van der Waals surface area contributed by atoms with E-state index in [-0.39, 0.29) is 29.6 Å². The summed E-state index contributed by atoms with van der Waals surface area (Å²) in [6, 6.07) is 9.45.